The molecule has 1 aromatic heterocycles. The van der Waals surface area contributed by atoms with Crippen molar-refractivity contribution in [3.63, 3.8) is 0 Å². The van der Waals surface area contributed by atoms with Gasteiger partial charge >= 0.3 is 0 Å². The first-order chi connectivity index (χ1) is 19.4. The molecule has 0 unspecified atom stereocenters. The van der Waals surface area contributed by atoms with Gasteiger partial charge in [-0.2, -0.15) is 0 Å². The predicted molar refractivity (Wildman–Crippen MR) is 142 cm³/mol. The molecule has 11 heteroatoms. The van der Waals surface area contributed by atoms with Gasteiger partial charge in [0.2, 0.25) is 5.91 Å². The van der Waals surface area contributed by atoms with Crippen molar-refractivity contribution in [2.24, 2.45) is 0 Å². The Kier molecular flexibility index (Phi) is 8.09. The molecule has 40 heavy (non-hydrogen) atoms. The first kappa shape index (κ1) is 26.9. The van der Waals surface area contributed by atoms with Crippen LogP contribution >= 0.6 is 0 Å². The smallest absolute Gasteiger partial charge is 0.258 e. The average Bonchev–Trinajstić information content (AvgIpc) is 3.35. The van der Waals surface area contributed by atoms with Crippen LogP contribution in [-0.2, 0) is 22.6 Å². The lowest BCUT2D eigenvalue weighted by molar-refractivity contribution is -0.123. The number of carbonyl (C=O) groups is 3. The third-order valence-corrected chi connectivity index (χ3v) is 6.83. The summed E-state index contributed by atoms with van der Waals surface area (Å²) in [5, 5.41) is 5.82. The Morgan fingerprint density at radius 1 is 1.05 bits per heavy atom. The van der Waals surface area contributed by atoms with Crippen molar-refractivity contribution >= 4 is 17.7 Å². The molecule has 3 amide bonds. The van der Waals surface area contributed by atoms with Gasteiger partial charge in [-0.05, 0) is 47.9 Å². The SMILES string of the molecule is COc1cc2ccc1OCC(=O)NCc1ccc(cc1)O[C@H]1CN(C(=O)c3ccncc3F)C[C@@H]1NC(=O)CC2. The maximum Gasteiger partial charge on any atom is 0.258 e. The Morgan fingerprint density at radius 3 is 2.62 bits per heavy atom. The number of ether oxygens (including phenoxy) is 3. The molecule has 1 fully saturated rings. The number of likely N-dealkylation sites (tertiary alicyclic amines) is 1. The summed E-state index contributed by atoms with van der Waals surface area (Å²) in [6.07, 6.45) is 2.39. The van der Waals surface area contributed by atoms with Gasteiger partial charge in [0, 0.05) is 25.7 Å². The van der Waals surface area contributed by atoms with Gasteiger partial charge in [0.05, 0.1) is 31.5 Å². The minimum Gasteiger partial charge on any atom is -0.493 e. The molecular formula is C29H29FN4O6. The highest BCUT2D eigenvalue weighted by Gasteiger charge is 2.38. The summed E-state index contributed by atoms with van der Waals surface area (Å²) < 4.78 is 31.6. The van der Waals surface area contributed by atoms with Gasteiger partial charge in [-0.15, -0.1) is 0 Å². The second kappa shape index (κ2) is 12.0. The van der Waals surface area contributed by atoms with E-state index < -0.39 is 23.9 Å². The second-order valence-electron chi connectivity index (χ2n) is 9.59. The van der Waals surface area contributed by atoms with E-state index in [4.69, 9.17) is 14.2 Å². The highest BCUT2D eigenvalue weighted by molar-refractivity contribution is 5.94. The maximum absolute atomic E-state index is 14.3. The normalized spacial score (nSPS) is 19.6. The van der Waals surface area contributed by atoms with E-state index in [1.165, 1.54) is 24.3 Å². The summed E-state index contributed by atoms with van der Waals surface area (Å²) in [7, 11) is 1.51. The molecule has 3 aromatic rings. The van der Waals surface area contributed by atoms with Gasteiger partial charge in [-0.1, -0.05) is 18.2 Å². The number of rotatable bonds is 2. The first-order valence-corrected chi connectivity index (χ1v) is 12.9. The molecule has 0 aliphatic carbocycles. The zero-order chi connectivity index (χ0) is 28.1. The second-order valence-corrected chi connectivity index (χ2v) is 9.59. The third-order valence-electron chi connectivity index (χ3n) is 6.83. The lowest BCUT2D eigenvalue weighted by Gasteiger charge is -2.21. The van der Waals surface area contributed by atoms with E-state index in [1.54, 1.807) is 24.3 Å². The number of hydrogen-bond acceptors (Lipinski definition) is 7. The fourth-order valence-corrected chi connectivity index (χ4v) is 4.70. The van der Waals surface area contributed by atoms with Crippen LogP contribution in [-0.4, -0.2) is 66.6 Å². The van der Waals surface area contributed by atoms with Crippen molar-refractivity contribution in [1.82, 2.24) is 20.5 Å². The van der Waals surface area contributed by atoms with Gasteiger partial charge in [0.25, 0.3) is 11.8 Å². The zero-order valence-electron chi connectivity index (χ0n) is 21.9. The fourth-order valence-electron chi connectivity index (χ4n) is 4.70. The van der Waals surface area contributed by atoms with E-state index in [0.717, 1.165) is 17.3 Å². The van der Waals surface area contributed by atoms with E-state index in [0.29, 0.717) is 30.2 Å². The number of nitrogens with one attached hydrogen (secondary N) is 2. The molecule has 10 nitrogen and oxygen atoms in total. The van der Waals surface area contributed by atoms with E-state index in [1.807, 2.05) is 18.2 Å². The minimum atomic E-state index is -0.712. The molecule has 6 heterocycles. The van der Waals surface area contributed by atoms with Crippen LogP contribution in [0.5, 0.6) is 17.2 Å². The summed E-state index contributed by atoms with van der Waals surface area (Å²) in [4.78, 5) is 43.6. The fraction of sp³-hybridized carbons (Fsp3) is 0.310. The molecular weight excluding hydrogens is 519 g/mol. The number of hydrogen-bond donors (Lipinski definition) is 2. The first-order valence-electron chi connectivity index (χ1n) is 12.9. The molecule has 0 spiro atoms. The summed E-state index contributed by atoms with van der Waals surface area (Å²) in [6.45, 7) is 0.421. The molecule has 2 N–H and O–H groups in total. The number of benzene rings is 2. The number of pyridine rings is 1. The molecule has 0 radical (unpaired) electrons. The van der Waals surface area contributed by atoms with Gasteiger partial charge in [0.1, 0.15) is 11.9 Å². The van der Waals surface area contributed by atoms with Crippen LogP contribution in [0.25, 0.3) is 0 Å². The molecule has 208 valence electrons. The number of methoxy groups -OCH3 is 1. The summed E-state index contributed by atoms with van der Waals surface area (Å²) in [6, 6.07) is 13.2. The van der Waals surface area contributed by atoms with Crippen LogP contribution in [0.15, 0.2) is 60.9 Å². The Labute approximate surface area is 230 Å². The molecule has 8 rings (SSSR count). The molecule has 0 saturated carbocycles. The lowest BCUT2D eigenvalue weighted by atomic mass is 10.1. The standard InChI is InChI=1S/C29H29FN4O6/c1-38-25-12-18-4-8-24(25)39-17-28(36)32-13-19-2-6-20(7-3-19)40-26-16-34(15-23(26)33-27(35)9-5-18)29(37)21-10-11-31-14-22(21)30/h2-4,6-8,10-12,14,23,26H,5,9,13,15-17H2,1H3,(H,32,36)(H,33,35)/t23-,26-/m0/s1. The number of aromatic nitrogens is 1. The number of amides is 3. The van der Waals surface area contributed by atoms with Crippen molar-refractivity contribution in [2.45, 2.75) is 31.5 Å². The molecule has 2 atom stereocenters. The zero-order valence-corrected chi connectivity index (χ0v) is 21.9. The Bertz CT molecular complexity index is 1400. The largest absolute Gasteiger partial charge is 0.493 e. The van der Waals surface area contributed by atoms with Crippen LogP contribution in [0.2, 0.25) is 0 Å². The van der Waals surface area contributed by atoms with Gasteiger partial charge in [-0.25, -0.2) is 4.39 Å². The number of aryl methyl sites for hydroxylation is 1. The van der Waals surface area contributed by atoms with Crippen molar-refractivity contribution < 1.29 is 33.0 Å². The van der Waals surface area contributed by atoms with Crippen LogP contribution < -0.4 is 24.8 Å². The van der Waals surface area contributed by atoms with E-state index in [9.17, 15) is 18.8 Å². The topological polar surface area (TPSA) is 119 Å². The van der Waals surface area contributed by atoms with Crippen LogP contribution in [0.4, 0.5) is 4.39 Å². The molecule has 4 bridgehead atoms. The minimum absolute atomic E-state index is 0.0918. The van der Waals surface area contributed by atoms with Crippen LogP contribution in [0.3, 0.4) is 0 Å². The lowest BCUT2D eigenvalue weighted by Crippen LogP contribution is -2.45. The molecule has 5 aliphatic rings. The summed E-state index contributed by atoms with van der Waals surface area (Å²) in [5.41, 5.74) is 1.60. The van der Waals surface area contributed by atoms with Crippen molar-refractivity contribution in [3.8, 4) is 17.2 Å². The van der Waals surface area contributed by atoms with Crippen LogP contribution in [0.1, 0.15) is 27.9 Å². The highest BCUT2D eigenvalue weighted by atomic mass is 19.1. The Balaban J connectivity index is 1.38. The third kappa shape index (κ3) is 6.31. The number of nitrogens with zero attached hydrogens (tertiary/aromatic N) is 2. The molecule has 1 saturated heterocycles. The predicted octanol–water partition coefficient (Wildman–Crippen LogP) is 2.26. The summed E-state index contributed by atoms with van der Waals surface area (Å²) in [5.74, 6) is -0.311. The van der Waals surface area contributed by atoms with E-state index in [2.05, 4.69) is 15.6 Å². The number of halogens is 1. The van der Waals surface area contributed by atoms with Gasteiger partial charge in [0.15, 0.2) is 23.9 Å². The highest BCUT2D eigenvalue weighted by Crippen LogP contribution is 2.29. The molecule has 2 aromatic carbocycles. The van der Waals surface area contributed by atoms with Gasteiger partial charge < -0.3 is 29.7 Å². The Morgan fingerprint density at radius 2 is 1.85 bits per heavy atom. The van der Waals surface area contributed by atoms with Crippen molar-refractivity contribution in [3.05, 3.63) is 83.4 Å². The number of carbonyl (C=O) groups excluding carboxylic acids is 3. The summed E-state index contributed by atoms with van der Waals surface area (Å²) >= 11 is 0. The van der Waals surface area contributed by atoms with E-state index in [-0.39, 0.29) is 43.5 Å². The molecule has 5 aliphatic heterocycles. The van der Waals surface area contributed by atoms with Crippen molar-refractivity contribution in [2.75, 3.05) is 26.8 Å². The quantitative estimate of drug-likeness (QED) is 0.504. The van der Waals surface area contributed by atoms with Gasteiger partial charge in [-0.3, -0.25) is 19.4 Å². The van der Waals surface area contributed by atoms with Crippen LogP contribution in [0, 0.1) is 5.82 Å². The van der Waals surface area contributed by atoms with Crippen molar-refractivity contribution in [1.29, 1.82) is 0 Å². The van der Waals surface area contributed by atoms with E-state index >= 15 is 0 Å². The average molecular weight is 549 g/mol. The maximum atomic E-state index is 14.3. The monoisotopic (exact) mass is 548 g/mol. The Hall–Kier alpha value is -4.67.